The van der Waals surface area contributed by atoms with Crippen molar-refractivity contribution in [3.05, 3.63) is 23.2 Å². The minimum absolute atomic E-state index is 0.0938. The van der Waals surface area contributed by atoms with Gasteiger partial charge in [-0.25, -0.2) is 13.6 Å². The Morgan fingerprint density at radius 2 is 2.15 bits per heavy atom. The molecule has 7 heteroatoms. The molecular formula is C13H15F2NO4. The van der Waals surface area contributed by atoms with Crippen molar-refractivity contribution in [3.63, 3.8) is 0 Å². The number of halogens is 2. The molecule has 0 atom stereocenters. The van der Waals surface area contributed by atoms with E-state index in [9.17, 15) is 18.4 Å². The topological polar surface area (TPSA) is 70.8 Å². The molecule has 0 unspecified atom stereocenters. The smallest absolute Gasteiger partial charge is 0.339 e. The SMILES string of the molecule is CCc1oc(C(=O)N(CC(F)F)C2CC2)cc1C(=O)O. The van der Waals surface area contributed by atoms with E-state index in [2.05, 4.69) is 0 Å². The number of carbonyl (C=O) groups excluding carboxylic acids is 1. The average molecular weight is 287 g/mol. The van der Waals surface area contributed by atoms with Gasteiger partial charge in [-0.05, 0) is 12.8 Å². The molecule has 1 fully saturated rings. The molecule has 0 spiro atoms. The zero-order valence-electron chi connectivity index (χ0n) is 10.9. The average Bonchev–Trinajstić information content (AvgIpc) is 3.12. The molecule has 20 heavy (non-hydrogen) atoms. The van der Waals surface area contributed by atoms with Crippen molar-refractivity contribution in [2.24, 2.45) is 0 Å². The van der Waals surface area contributed by atoms with E-state index >= 15 is 0 Å². The largest absolute Gasteiger partial charge is 0.478 e. The number of rotatable bonds is 6. The highest BCUT2D eigenvalue weighted by Crippen LogP contribution is 2.30. The second-order valence-electron chi connectivity index (χ2n) is 4.69. The lowest BCUT2D eigenvalue weighted by molar-refractivity contribution is 0.0506. The number of carboxylic acid groups (broad SMARTS) is 1. The molecule has 0 bridgehead atoms. The molecule has 1 heterocycles. The van der Waals surface area contributed by atoms with Gasteiger partial charge in [0.2, 0.25) is 0 Å². The van der Waals surface area contributed by atoms with E-state index in [0.717, 1.165) is 11.0 Å². The van der Waals surface area contributed by atoms with E-state index in [1.54, 1.807) is 6.92 Å². The number of carboxylic acids is 1. The van der Waals surface area contributed by atoms with E-state index in [0.29, 0.717) is 19.3 Å². The maximum atomic E-state index is 12.5. The summed E-state index contributed by atoms with van der Waals surface area (Å²) in [7, 11) is 0. The van der Waals surface area contributed by atoms with Crippen molar-refractivity contribution >= 4 is 11.9 Å². The zero-order chi connectivity index (χ0) is 14.9. The Morgan fingerprint density at radius 1 is 1.50 bits per heavy atom. The van der Waals surface area contributed by atoms with Crippen molar-refractivity contribution < 1.29 is 27.9 Å². The van der Waals surface area contributed by atoms with E-state index in [-0.39, 0.29) is 23.1 Å². The van der Waals surface area contributed by atoms with E-state index < -0.39 is 24.8 Å². The molecule has 0 aliphatic heterocycles. The molecule has 1 aromatic heterocycles. The van der Waals surface area contributed by atoms with Crippen molar-refractivity contribution in [3.8, 4) is 0 Å². The Kier molecular flexibility index (Phi) is 4.06. The van der Waals surface area contributed by atoms with Gasteiger partial charge in [-0.1, -0.05) is 6.92 Å². The highest BCUT2D eigenvalue weighted by atomic mass is 19.3. The molecule has 1 aliphatic carbocycles. The molecule has 1 N–H and O–H groups in total. The summed E-state index contributed by atoms with van der Waals surface area (Å²) >= 11 is 0. The van der Waals surface area contributed by atoms with Crippen molar-refractivity contribution in [2.75, 3.05) is 6.54 Å². The summed E-state index contributed by atoms with van der Waals surface area (Å²) < 4.78 is 30.2. The van der Waals surface area contributed by atoms with Gasteiger partial charge in [0.25, 0.3) is 12.3 Å². The Bertz CT molecular complexity index is 522. The highest BCUT2D eigenvalue weighted by molar-refractivity contribution is 5.96. The summed E-state index contributed by atoms with van der Waals surface area (Å²) in [6.45, 7) is 1.03. The summed E-state index contributed by atoms with van der Waals surface area (Å²) in [5.74, 6) is -1.88. The minimum atomic E-state index is -2.63. The van der Waals surface area contributed by atoms with Crippen LogP contribution < -0.4 is 0 Å². The molecular weight excluding hydrogens is 272 g/mol. The number of hydrogen-bond acceptors (Lipinski definition) is 3. The lowest BCUT2D eigenvalue weighted by atomic mass is 10.2. The molecule has 2 rings (SSSR count). The standard InChI is InChI=1S/C13H15F2NO4/c1-2-9-8(13(18)19)5-10(20-9)12(17)16(6-11(14)15)7-3-4-7/h5,7,11H,2-4,6H2,1H3,(H,18,19). The molecule has 1 saturated carbocycles. The number of carbonyl (C=O) groups is 2. The first-order valence-electron chi connectivity index (χ1n) is 6.39. The molecule has 0 radical (unpaired) electrons. The third kappa shape index (κ3) is 2.97. The number of amides is 1. The quantitative estimate of drug-likeness (QED) is 0.872. The van der Waals surface area contributed by atoms with Crippen LogP contribution in [0.5, 0.6) is 0 Å². The fourth-order valence-corrected chi connectivity index (χ4v) is 2.05. The normalized spacial score (nSPS) is 14.6. The third-order valence-electron chi connectivity index (χ3n) is 3.15. The number of hydrogen-bond donors (Lipinski definition) is 1. The predicted octanol–water partition coefficient (Wildman–Crippen LogP) is 2.41. The number of furan rings is 1. The number of nitrogens with zero attached hydrogens (tertiary/aromatic N) is 1. The lowest BCUT2D eigenvalue weighted by Gasteiger charge is -2.20. The van der Waals surface area contributed by atoms with Gasteiger partial charge in [-0.15, -0.1) is 0 Å². The van der Waals surface area contributed by atoms with E-state index in [1.807, 2.05) is 0 Å². The predicted molar refractivity (Wildman–Crippen MR) is 65.1 cm³/mol. The molecule has 1 aliphatic rings. The number of alkyl halides is 2. The third-order valence-corrected chi connectivity index (χ3v) is 3.15. The lowest BCUT2D eigenvalue weighted by Crippen LogP contribution is -2.36. The van der Waals surface area contributed by atoms with Crippen LogP contribution in [0.3, 0.4) is 0 Å². The fraction of sp³-hybridized carbons (Fsp3) is 0.538. The molecule has 1 amide bonds. The van der Waals surface area contributed by atoms with Crippen LogP contribution in [-0.4, -0.2) is 40.9 Å². The first-order chi connectivity index (χ1) is 9.43. The molecule has 0 saturated heterocycles. The second kappa shape index (κ2) is 5.60. The van der Waals surface area contributed by atoms with Crippen molar-refractivity contribution in [1.82, 2.24) is 4.90 Å². The first kappa shape index (κ1) is 14.5. The van der Waals surface area contributed by atoms with Crippen molar-refractivity contribution in [1.29, 1.82) is 0 Å². The summed E-state index contributed by atoms with van der Waals surface area (Å²) in [5, 5.41) is 8.99. The number of aryl methyl sites for hydroxylation is 1. The summed E-state index contributed by atoms with van der Waals surface area (Å²) in [6.07, 6.45) is -0.941. The summed E-state index contributed by atoms with van der Waals surface area (Å²) in [6, 6.07) is 0.921. The molecule has 5 nitrogen and oxygen atoms in total. The van der Waals surface area contributed by atoms with Crippen LogP contribution in [0.4, 0.5) is 8.78 Å². The van der Waals surface area contributed by atoms with E-state index in [1.165, 1.54) is 0 Å². The van der Waals surface area contributed by atoms with Gasteiger partial charge < -0.3 is 14.4 Å². The van der Waals surface area contributed by atoms with Gasteiger partial charge in [0.1, 0.15) is 11.3 Å². The van der Waals surface area contributed by atoms with Gasteiger partial charge in [-0.2, -0.15) is 0 Å². The maximum Gasteiger partial charge on any atom is 0.339 e. The maximum absolute atomic E-state index is 12.5. The Hall–Kier alpha value is -1.92. The second-order valence-corrected chi connectivity index (χ2v) is 4.69. The summed E-state index contributed by atoms with van der Waals surface area (Å²) in [4.78, 5) is 24.2. The molecule has 1 aromatic rings. The van der Waals surface area contributed by atoms with Gasteiger partial charge in [0, 0.05) is 18.5 Å². The van der Waals surface area contributed by atoms with Gasteiger partial charge >= 0.3 is 5.97 Å². The Morgan fingerprint density at radius 3 is 2.55 bits per heavy atom. The minimum Gasteiger partial charge on any atom is -0.478 e. The monoisotopic (exact) mass is 287 g/mol. The molecule has 0 aromatic carbocycles. The summed E-state index contributed by atoms with van der Waals surface area (Å²) in [5.41, 5.74) is -0.0938. The Balaban J connectivity index is 2.24. The van der Waals surface area contributed by atoms with Gasteiger partial charge in [0.15, 0.2) is 5.76 Å². The Labute approximate surface area is 114 Å². The number of aromatic carboxylic acids is 1. The highest BCUT2D eigenvalue weighted by Gasteiger charge is 2.36. The van der Waals surface area contributed by atoms with E-state index in [4.69, 9.17) is 9.52 Å². The zero-order valence-corrected chi connectivity index (χ0v) is 10.9. The van der Waals surface area contributed by atoms with Crippen LogP contribution >= 0.6 is 0 Å². The van der Waals surface area contributed by atoms with Crippen LogP contribution in [0.1, 0.15) is 46.4 Å². The first-order valence-corrected chi connectivity index (χ1v) is 6.39. The van der Waals surface area contributed by atoms with Crippen molar-refractivity contribution in [2.45, 2.75) is 38.7 Å². The molecule has 110 valence electrons. The fourth-order valence-electron chi connectivity index (χ4n) is 2.05. The van der Waals surface area contributed by atoms with Crippen LogP contribution in [0.15, 0.2) is 10.5 Å². The van der Waals surface area contributed by atoms with Gasteiger partial charge in [0.05, 0.1) is 6.54 Å². The van der Waals surface area contributed by atoms with Crippen LogP contribution in [0.25, 0.3) is 0 Å². The van der Waals surface area contributed by atoms with Crippen LogP contribution in [-0.2, 0) is 6.42 Å². The van der Waals surface area contributed by atoms with Gasteiger partial charge in [-0.3, -0.25) is 4.79 Å². The van der Waals surface area contributed by atoms with Crippen LogP contribution in [0.2, 0.25) is 0 Å². The van der Waals surface area contributed by atoms with Crippen LogP contribution in [0, 0.1) is 0 Å².